The molecule has 0 spiro atoms. The van der Waals surface area contributed by atoms with Crippen molar-refractivity contribution >= 4 is 16.0 Å². The number of carboxylic acids is 1. The highest BCUT2D eigenvalue weighted by molar-refractivity contribution is 7.89. The first-order valence-corrected chi connectivity index (χ1v) is 7.73. The molecule has 1 aliphatic rings. The fourth-order valence-corrected chi connectivity index (χ4v) is 4.13. The van der Waals surface area contributed by atoms with Crippen LogP contribution in [0, 0.1) is 5.41 Å². The molecular weight excluding hydrogens is 268 g/mol. The number of aliphatic carboxylic acids is 1. The Kier molecular flexibility index (Phi) is 3.69. The molecule has 19 heavy (non-hydrogen) atoms. The normalized spacial score (nSPS) is 24.7. The Hall–Kier alpha value is -1.34. The SMILES string of the molecule is CCCC1(C(=O)O)CCN(S(=O)(=O)c2cc[nH]c2)C1. The molecule has 0 saturated carbocycles. The van der Waals surface area contributed by atoms with Gasteiger partial charge in [0.25, 0.3) is 0 Å². The average Bonchev–Trinajstić information content (AvgIpc) is 2.99. The lowest BCUT2D eigenvalue weighted by molar-refractivity contribution is -0.148. The predicted molar refractivity (Wildman–Crippen MR) is 69.1 cm³/mol. The molecule has 106 valence electrons. The van der Waals surface area contributed by atoms with Gasteiger partial charge in [-0.3, -0.25) is 4.79 Å². The number of hydrogen-bond acceptors (Lipinski definition) is 3. The maximum absolute atomic E-state index is 12.3. The van der Waals surface area contributed by atoms with Crippen LogP contribution in [0.5, 0.6) is 0 Å². The van der Waals surface area contributed by atoms with Crippen LogP contribution >= 0.6 is 0 Å². The van der Waals surface area contributed by atoms with Crippen molar-refractivity contribution < 1.29 is 18.3 Å². The van der Waals surface area contributed by atoms with E-state index in [0.717, 1.165) is 6.42 Å². The third-order valence-electron chi connectivity index (χ3n) is 3.71. The zero-order chi connectivity index (χ0) is 14.1. The van der Waals surface area contributed by atoms with Crippen LogP contribution in [-0.2, 0) is 14.8 Å². The van der Waals surface area contributed by atoms with Gasteiger partial charge in [-0.2, -0.15) is 4.31 Å². The van der Waals surface area contributed by atoms with Gasteiger partial charge in [0.05, 0.1) is 10.3 Å². The molecule has 2 heterocycles. The number of carboxylic acid groups (broad SMARTS) is 1. The van der Waals surface area contributed by atoms with E-state index < -0.39 is 21.4 Å². The zero-order valence-corrected chi connectivity index (χ0v) is 11.6. The van der Waals surface area contributed by atoms with Crippen LogP contribution in [0.25, 0.3) is 0 Å². The maximum Gasteiger partial charge on any atom is 0.311 e. The summed E-state index contributed by atoms with van der Waals surface area (Å²) in [6.45, 7) is 2.23. The van der Waals surface area contributed by atoms with Crippen molar-refractivity contribution in [3.8, 4) is 0 Å². The molecule has 2 rings (SSSR count). The lowest BCUT2D eigenvalue weighted by atomic mass is 9.83. The van der Waals surface area contributed by atoms with Crippen molar-refractivity contribution in [2.45, 2.75) is 31.1 Å². The summed E-state index contributed by atoms with van der Waals surface area (Å²) in [6, 6.07) is 1.48. The number of carbonyl (C=O) groups is 1. The number of nitrogens with one attached hydrogen (secondary N) is 1. The molecule has 1 aromatic heterocycles. The van der Waals surface area contributed by atoms with E-state index in [1.807, 2.05) is 6.92 Å². The average molecular weight is 286 g/mol. The fraction of sp³-hybridized carbons (Fsp3) is 0.583. The van der Waals surface area contributed by atoms with E-state index in [1.165, 1.54) is 16.6 Å². The summed E-state index contributed by atoms with van der Waals surface area (Å²) in [4.78, 5) is 14.3. The number of hydrogen-bond donors (Lipinski definition) is 2. The largest absolute Gasteiger partial charge is 0.481 e. The van der Waals surface area contributed by atoms with E-state index in [4.69, 9.17) is 0 Å². The highest BCUT2D eigenvalue weighted by Gasteiger charge is 2.47. The van der Waals surface area contributed by atoms with Gasteiger partial charge in [-0.25, -0.2) is 8.42 Å². The molecule has 0 bridgehead atoms. The van der Waals surface area contributed by atoms with Gasteiger partial charge in [-0.05, 0) is 18.9 Å². The van der Waals surface area contributed by atoms with Crippen molar-refractivity contribution in [1.29, 1.82) is 0 Å². The number of H-pyrrole nitrogens is 1. The number of rotatable bonds is 5. The van der Waals surface area contributed by atoms with Gasteiger partial charge in [0.1, 0.15) is 0 Å². The molecule has 1 atom stereocenters. The minimum absolute atomic E-state index is 0.0592. The molecule has 2 N–H and O–H groups in total. The first-order chi connectivity index (χ1) is 8.92. The molecule has 0 radical (unpaired) electrons. The Balaban J connectivity index is 2.25. The van der Waals surface area contributed by atoms with Crippen LogP contribution in [0.3, 0.4) is 0 Å². The van der Waals surface area contributed by atoms with Crippen molar-refractivity contribution in [1.82, 2.24) is 9.29 Å². The van der Waals surface area contributed by atoms with Crippen LogP contribution in [-0.4, -0.2) is 41.9 Å². The van der Waals surface area contributed by atoms with Crippen molar-refractivity contribution in [2.75, 3.05) is 13.1 Å². The van der Waals surface area contributed by atoms with Crippen molar-refractivity contribution in [3.05, 3.63) is 18.5 Å². The van der Waals surface area contributed by atoms with Gasteiger partial charge in [0.2, 0.25) is 10.0 Å². The van der Waals surface area contributed by atoms with Crippen LogP contribution < -0.4 is 0 Å². The first kappa shape index (κ1) is 14.1. The topological polar surface area (TPSA) is 90.5 Å². The van der Waals surface area contributed by atoms with Crippen molar-refractivity contribution in [2.24, 2.45) is 5.41 Å². The van der Waals surface area contributed by atoms with E-state index in [9.17, 15) is 18.3 Å². The minimum atomic E-state index is -3.58. The first-order valence-electron chi connectivity index (χ1n) is 6.29. The fourth-order valence-electron chi connectivity index (χ4n) is 2.62. The predicted octanol–water partition coefficient (Wildman–Crippen LogP) is 1.28. The van der Waals surface area contributed by atoms with Gasteiger partial charge in [0.15, 0.2) is 0 Å². The van der Waals surface area contributed by atoms with Gasteiger partial charge in [-0.15, -0.1) is 0 Å². The summed E-state index contributed by atoms with van der Waals surface area (Å²) in [5.41, 5.74) is -0.932. The smallest absolute Gasteiger partial charge is 0.311 e. The Morgan fingerprint density at radius 2 is 2.32 bits per heavy atom. The molecule has 0 aliphatic carbocycles. The highest BCUT2D eigenvalue weighted by Crippen LogP contribution is 2.37. The summed E-state index contributed by atoms with van der Waals surface area (Å²) >= 11 is 0. The molecule has 1 unspecified atom stereocenters. The van der Waals surface area contributed by atoms with E-state index in [1.54, 1.807) is 6.20 Å². The zero-order valence-electron chi connectivity index (χ0n) is 10.8. The lowest BCUT2D eigenvalue weighted by Crippen LogP contribution is -2.36. The van der Waals surface area contributed by atoms with Crippen LogP contribution in [0.15, 0.2) is 23.4 Å². The number of sulfonamides is 1. The maximum atomic E-state index is 12.3. The summed E-state index contributed by atoms with van der Waals surface area (Å²) in [5, 5.41) is 9.38. The lowest BCUT2D eigenvalue weighted by Gasteiger charge is -2.23. The third-order valence-corrected chi connectivity index (χ3v) is 5.55. The second-order valence-corrected chi connectivity index (χ2v) is 6.91. The van der Waals surface area contributed by atoms with E-state index in [0.29, 0.717) is 12.8 Å². The summed E-state index contributed by atoms with van der Waals surface area (Å²) in [5.74, 6) is -0.902. The van der Waals surface area contributed by atoms with Gasteiger partial charge >= 0.3 is 5.97 Å². The van der Waals surface area contributed by atoms with E-state index >= 15 is 0 Å². The Labute approximate surface area is 112 Å². The quantitative estimate of drug-likeness (QED) is 0.853. The van der Waals surface area contributed by atoms with Gasteiger partial charge < -0.3 is 10.1 Å². The number of aromatic nitrogens is 1. The molecule has 0 aromatic carbocycles. The molecule has 6 nitrogen and oxygen atoms in total. The molecule has 1 saturated heterocycles. The van der Waals surface area contributed by atoms with Crippen LogP contribution in [0.2, 0.25) is 0 Å². The third kappa shape index (κ3) is 2.40. The second kappa shape index (κ2) is 4.97. The Morgan fingerprint density at radius 3 is 2.84 bits per heavy atom. The highest BCUT2D eigenvalue weighted by atomic mass is 32.2. The summed E-state index contributed by atoms with van der Waals surface area (Å²) in [7, 11) is -3.58. The number of nitrogens with zero attached hydrogens (tertiary/aromatic N) is 1. The molecule has 7 heteroatoms. The molecule has 0 amide bonds. The molecule has 1 fully saturated rings. The molecule has 1 aromatic rings. The van der Waals surface area contributed by atoms with Crippen LogP contribution in [0.4, 0.5) is 0 Å². The summed E-state index contributed by atoms with van der Waals surface area (Å²) in [6.07, 6.45) is 4.56. The Morgan fingerprint density at radius 1 is 1.58 bits per heavy atom. The Bertz CT molecular complexity index is 552. The minimum Gasteiger partial charge on any atom is -0.481 e. The van der Waals surface area contributed by atoms with Gasteiger partial charge in [-0.1, -0.05) is 13.3 Å². The second-order valence-electron chi connectivity index (χ2n) is 4.97. The van der Waals surface area contributed by atoms with E-state index in [2.05, 4.69) is 4.98 Å². The van der Waals surface area contributed by atoms with Gasteiger partial charge in [0, 0.05) is 25.5 Å². The van der Waals surface area contributed by atoms with Crippen LogP contribution in [0.1, 0.15) is 26.2 Å². The van der Waals surface area contributed by atoms with Crippen molar-refractivity contribution in [3.63, 3.8) is 0 Å². The number of aromatic amines is 1. The monoisotopic (exact) mass is 286 g/mol. The summed E-state index contributed by atoms with van der Waals surface area (Å²) < 4.78 is 25.9. The molecular formula is C12H18N2O4S. The van der Waals surface area contributed by atoms with E-state index in [-0.39, 0.29) is 18.0 Å². The standard InChI is InChI=1S/C12H18N2O4S/c1-2-4-12(11(15)16)5-7-14(9-12)19(17,18)10-3-6-13-8-10/h3,6,8,13H,2,4-5,7,9H2,1H3,(H,15,16). The molecule has 1 aliphatic heterocycles.